The predicted octanol–water partition coefficient (Wildman–Crippen LogP) is 4.38. The van der Waals surface area contributed by atoms with Gasteiger partial charge in [0.15, 0.2) is 0 Å². The summed E-state index contributed by atoms with van der Waals surface area (Å²) in [6, 6.07) is 14.1. The van der Waals surface area contributed by atoms with Crippen LogP contribution in [0.2, 0.25) is 0 Å². The number of carbonyl (C=O) groups is 1. The van der Waals surface area contributed by atoms with Gasteiger partial charge in [-0.25, -0.2) is 4.98 Å². The molecule has 0 saturated heterocycles. The van der Waals surface area contributed by atoms with E-state index in [1.54, 1.807) is 17.5 Å². The van der Waals surface area contributed by atoms with Gasteiger partial charge < -0.3 is 9.42 Å². The lowest BCUT2D eigenvalue weighted by Gasteiger charge is -2.36. The van der Waals surface area contributed by atoms with Gasteiger partial charge in [0.2, 0.25) is 0 Å². The minimum atomic E-state index is -0.0760. The average Bonchev–Trinajstić information content (AvgIpc) is 3.34. The topological polar surface area (TPSA) is 59.2 Å². The highest BCUT2D eigenvalue weighted by atomic mass is 32.1. The third-order valence-electron chi connectivity index (χ3n) is 5.10. The summed E-state index contributed by atoms with van der Waals surface area (Å²) >= 11 is 1.77. The molecule has 1 aliphatic heterocycles. The van der Waals surface area contributed by atoms with Crippen molar-refractivity contribution in [3.63, 3.8) is 0 Å². The van der Waals surface area contributed by atoms with E-state index in [0.717, 1.165) is 23.1 Å². The Balaban J connectivity index is 1.59. The molecule has 0 aliphatic carbocycles. The fourth-order valence-corrected chi connectivity index (χ4v) is 4.66. The van der Waals surface area contributed by atoms with Gasteiger partial charge in [-0.1, -0.05) is 35.5 Å². The van der Waals surface area contributed by atoms with Gasteiger partial charge >= 0.3 is 0 Å². The monoisotopic (exact) mass is 375 g/mol. The summed E-state index contributed by atoms with van der Waals surface area (Å²) in [5.41, 5.74) is 4.11. The van der Waals surface area contributed by atoms with Crippen LogP contribution in [0.1, 0.15) is 38.1 Å². The Morgan fingerprint density at radius 1 is 1.26 bits per heavy atom. The van der Waals surface area contributed by atoms with Gasteiger partial charge in [-0.05, 0) is 42.0 Å². The third kappa shape index (κ3) is 2.64. The van der Waals surface area contributed by atoms with Gasteiger partial charge in [-0.2, -0.15) is 0 Å². The summed E-state index contributed by atoms with van der Waals surface area (Å²) in [5, 5.41) is 6.83. The van der Waals surface area contributed by atoms with Gasteiger partial charge in [0.1, 0.15) is 0 Å². The molecule has 0 spiro atoms. The van der Waals surface area contributed by atoms with E-state index < -0.39 is 0 Å². The molecule has 0 bridgehead atoms. The number of carbonyl (C=O) groups excluding carboxylic acids is 1. The summed E-state index contributed by atoms with van der Waals surface area (Å²) in [4.78, 5) is 21.0. The first-order valence-electron chi connectivity index (χ1n) is 8.86. The van der Waals surface area contributed by atoms with Gasteiger partial charge in [-0.3, -0.25) is 4.79 Å². The summed E-state index contributed by atoms with van der Waals surface area (Å²) in [6.07, 6.45) is 2.46. The number of benzene rings is 1. The molecule has 1 aromatic carbocycles. The molecular formula is C21H17N3O2S. The molecule has 1 unspecified atom stereocenters. The van der Waals surface area contributed by atoms with Crippen molar-refractivity contribution in [3.8, 4) is 0 Å². The molecule has 3 aromatic heterocycles. The Bertz CT molecular complexity index is 1130. The fraction of sp³-hybridized carbons (Fsp3) is 0.190. The first kappa shape index (κ1) is 16.2. The summed E-state index contributed by atoms with van der Waals surface area (Å²) in [5.74, 6) is -0.0179. The molecule has 0 fully saturated rings. The van der Waals surface area contributed by atoms with Crippen molar-refractivity contribution in [2.24, 2.45) is 0 Å². The molecule has 27 heavy (non-hydrogen) atoms. The maximum absolute atomic E-state index is 13.4. The van der Waals surface area contributed by atoms with E-state index in [0.29, 0.717) is 17.8 Å². The Morgan fingerprint density at radius 3 is 2.96 bits per heavy atom. The molecule has 1 atom stereocenters. The number of hydrogen-bond donors (Lipinski definition) is 0. The largest absolute Gasteiger partial charge is 0.336 e. The maximum atomic E-state index is 13.4. The molecule has 5 rings (SSSR count). The van der Waals surface area contributed by atoms with E-state index >= 15 is 0 Å². The molecule has 4 aromatic rings. The number of nitrogens with zero attached hydrogens (tertiary/aromatic N) is 3. The van der Waals surface area contributed by atoms with E-state index in [4.69, 9.17) is 4.52 Å². The van der Waals surface area contributed by atoms with Crippen molar-refractivity contribution >= 4 is 28.3 Å². The Morgan fingerprint density at radius 2 is 2.11 bits per heavy atom. The zero-order valence-corrected chi connectivity index (χ0v) is 15.6. The molecule has 6 heteroatoms. The number of aryl methyl sites for hydroxylation is 1. The number of aromatic nitrogens is 2. The van der Waals surface area contributed by atoms with E-state index in [1.807, 2.05) is 36.1 Å². The van der Waals surface area contributed by atoms with Gasteiger partial charge in [-0.15, -0.1) is 11.3 Å². The zero-order valence-electron chi connectivity index (χ0n) is 14.8. The first-order chi connectivity index (χ1) is 13.2. The number of pyridine rings is 1. The highest BCUT2D eigenvalue weighted by Gasteiger charge is 2.33. The van der Waals surface area contributed by atoms with Crippen molar-refractivity contribution in [1.29, 1.82) is 0 Å². The number of thiophene rings is 1. The van der Waals surface area contributed by atoms with Crippen LogP contribution in [0.4, 0.5) is 0 Å². The van der Waals surface area contributed by atoms with Crippen molar-refractivity contribution in [2.45, 2.75) is 19.4 Å². The highest BCUT2D eigenvalue weighted by Crippen LogP contribution is 2.38. The lowest BCUT2D eigenvalue weighted by atomic mass is 9.92. The molecule has 0 N–H and O–H groups in total. The zero-order chi connectivity index (χ0) is 18.4. The number of amides is 1. The summed E-state index contributed by atoms with van der Waals surface area (Å²) in [6.45, 7) is 2.54. The minimum absolute atomic E-state index is 0.0179. The summed E-state index contributed by atoms with van der Waals surface area (Å²) in [7, 11) is 0. The Hall–Kier alpha value is -2.99. The van der Waals surface area contributed by atoms with Crippen LogP contribution in [0, 0.1) is 6.92 Å². The van der Waals surface area contributed by atoms with Crippen LogP contribution in [0.15, 0.2) is 58.6 Å². The second-order valence-electron chi connectivity index (χ2n) is 6.71. The maximum Gasteiger partial charge on any atom is 0.257 e. The van der Waals surface area contributed by atoms with Crippen molar-refractivity contribution in [1.82, 2.24) is 15.0 Å². The van der Waals surface area contributed by atoms with Crippen LogP contribution in [0.25, 0.3) is 11.1 Å². The second-order valence-corrected chi connectivity index (χ2v) is 7.71. The van der Waals surface area contributed by atoms with Crippen LogP contribution in [0.5, 0.6) is 0 Å². The SMILES string of the molecule is Cc1noc2ncc(C(=O)N3CCc4sccc4C3c3ccccc3)cc12. The molecular weight excluding hydrogens is 358 g/mol. The molecule has 4 heterocycles. The first-order valence-corrected chi connectivity index (χ1v) is 9.74. The van der Waals surface area contributed by atoms with Crippen molar-refractivity contribution in [3.05, 3.63) is 81.3 Å². The van der Waals surface area contributed by atoms with E-state index in [9.17, 15) is 4.79 Å². The Labute approximate surface area is 160 Å². The number of hydrogen-bond acceptors (Lipinski definition) is 5. The molecule has 0 radical (unpaired) electrons. The van der Waals surface area contributed by atoms with Crippen LogP contribution < -0.4 is 0 Å². The van der Waals surface area contributed by atoms with Crippen LogP contribution in [-0.2, 0) is 6.42 Å². The quantitative estimate of drug-likeness (QED) is 0.522. The smallest absolute Gasteiger partial charge is 0.257 e. The van der Waals surface area contributed by atoms with Crippen LogP contribution in [-0.4, -0.2) is 27.5 Å². The van der Waals surface area contributed by atoms with E-state index in [2.05, 4.69) is 33.7 Å². The normalized spacial score (nSPS) is 16.5. The molecule has 134 valence electrons. The molecule has 1 aliphatic rings. The average molecular weight is 375 g/mol. The molecule has 5 nitrogen and oxygen atoms in total. The van der Waals surface area contributed by atoms with Crippen molar-refractivity contribution < 1.29 is 9.32 Å². The Kier molecular flexibility index (Phi) is 3.79. The third-order valence-corrected chi connectivity index (χ3v) is 6.10. The van der Waals surface area contributed by atoms with E-state index in [1.165, 1.54) is 10.4 Å². The highest BCUT2D eigenvalue weighted by molar-refractivity contribution is 7.10. The summed E-state index contributed by atoms with van der Waals surface area (Å²) < 4.78 is 5.17. The van der Waals surface area contributed by atoms with Crippen molar-refractivity contribution in [2.75, 3.05) is 6.54 Å². The van der Waals surface area contributed by atoms with Gasteiger partial charge in [0, 0.05) is 17.6 Å². The number of rotatable bonds is 2. The standard InChI is InChI=1S/C21H17N3O2S/c1-13-17-11-15(12-22-20(17)26-23-13)21(25)24-9-7-18-16(8-10-27-18)19(24)14-5-3-2-4-6-14/h2-6,8,10-12,19H,7,9H2,1H3. The van der Waals surface area contributed by atoms with Gasteiger partial charge in [0.05, 0.1) is 22.7 Å². The van der Waals surface area contributed by atoms with Crippen LogP contribution in [0.3, 0.4) is 0 Å². The molecule has 1 amide bonds. The second kappa shape index (κ2) is 6.32. The lowest BCUT2D eigenvalue weighted by molar-refractivity contribution is 0.0696. The molecule has 0 saturated carbocycles. The lowest BCUT2D eigenvalue weighted by Crippen LogP contribution is -2.40. The minimum Gasteiger partial charge on any atom is -0.336 e. The van der Waals surface area contributed by atoms with E-state index in [-0.39, 0.29) is 11.9 Å². The number of fused-ring (bicyclic) bond motifs is 2. The van der Waals surface area contributed by atoms with Crippen LogP contribution >= 0.6 is 11.3 Å². The van der Waals surface area contributed by atoms with Gasteiger partial charge in [0.25, 0.3) is 11.6 Å². The fourth-order valence-electron chi connectivity index (χ4n) is 3.76. The predicted molar refractivity (Wildman–Crippen MR) is 104 cm³/mol.